The first kappa shape index (κ1) is 18.7. The zero-order chi connectivity index (χ0) is 20.1. The van der Waals surface area contributed by atoms with Crippen LogP contribution in [-0.4, -0.2) is 29.0 Å². The van der Waals surface area contributed by atoms with Crippen LogP contribution in [0.3, 0.4) is 0 Å². The Morgan fingerprint density at radius 2 is 1.93 bits per heavy atom. The van der Waals surface area contributed by atoms with Crippen molar-refractivity contribution in [2.45, 2.75) is 25.5 Å². The van der Waals surface area contributed by atoms with Gasteiger partial charge in [-0.05, 0) is 54.8 Å². The molecule has 0 atom stereocenters. The van der Waals surface area contributed by atoms with Gasteiger partial charge in [0, 0.05) is 36.4 Å². The highest BCUT2D eigenvalue weighted by Gasteiger charge is 2.21. The van der Waals surface area contributed by atoms with Gasteiger partial charge in [0.05, 0.1) is 12.7 Å². The van der Waals surface area contributed by atoms with Crippen LogP contribution in [0.15, 0.2) is 61.1 Å². The van der Waals surface area contributed by atoms with Crippen molar-refractivity contribution in [1.82, 2.24) is 9.97 Å². The molecule has 2 heterocycles. The van der Waals surface area contributed by atoms with Crippen LogP contribution >= 0.6 is 0 Å². The van der Waals surface area contributed by atoms with E-state index in [1.54, 1.807) is 50.0 Å². The zero-order valence-electron chi connectivity index (χ0n) is 16.1. The molecule has 0 unspecified atom stereocenters. The van der Waals surface area contributed by atoms with Crippen molar-refractivity contribution in [1.29, 1.82) is 0 Å². The van der Waals surface area contributed by atoms with Crippen LogP contribution in [0.25, 0.3) is 0 Å². The summed E-state index contributed by atoms with van der Waals surface area (Å²) in [5.41, 5.74) is 2.09. The molecule has 1 aliphatic carbocycles. The van der Waals surface area contributed by atoms with Crippen LogP contribution in [-0.2, 0) is 6.61 Å². The number of anilines is 2. The largest absolute Gasteiger partial charge is 0.493 e. The quantitative estimate of drug-likeness (QED) is 0.607. The monoisotopic (exact) mass is 390 g/mol. The van der Waals surface area contributed by atoms with Crippen molar-refractivity contribution in [3.8, 4) is 11.5 Å². The first-order chi connectivity index (χ1) is 14.2. The minimum atomic E-state index is -0.235. The van der Waals surface area contributed by atoms with Gasteiger partial charge < -0.3 is 20.1 Å². The fourth-order valence-corrected chi connectivity index (χ4v) is 2.76. The highest BCUT2D eigenvalue weighted by atomic mass is 16.5. The number of rotatable bonds is 8. The molecule has 3 aromatic rings. The third-order valence-corrected chi connectivity index (χ3v) is 4.52. The molecule has 29 heavy (non-hydrogen) atoms. The molecule has 2 N–H and O–H groups in total. The number of hydrogen-bond acceptors (Lipinski definition) is 6. The summed E-state index contributed by atoms with van der Waals surface area (Å²) < 4.78 is 11.2. The summed E-state index contributed by atoms with van der Waals surface area (Å²) in [7, 11) is 1.58. The van der Waals surface area contributed by atoms with E-state index in [0.29, 0.717) is 35.4 Å². The lowest BCUT2D eigenvalue weighted by molar-refractivity contribution is 0.102. The number of pyridine rings is 2. The summed E-state index contributed by atoms with van der Waals surface area (Å²) in [6.45, 7) is 0.371. The highest BCUT2D eigenvalue weighted by molar-refractivity contribution is 6.04. The maximum absolute atomic E-state index is 12.6. The van der Waals surface area contributed by atoms with E-state index in [4.69, 9.17) is 9.47 Å². The molecular weight excluding hydrogens is 368 g/mol. The number of nitrogens with zero attached hydrogens (tertiary/aromatic N) is 2. The molecule has 4 rings (SSSR count). The molecule has 1 aliphatic rings. The molecule has 7 heteroatoms. The average Bonchev–Trinajstić information content (AvgIpc) is 3.57. The van der Waals surface area contributed by atoms with E-state index in [-0.39, 0.29) is 5.91 Å². The summed E-state index contributed by atoms with van der Waals surface area (Å²) in [6.07, 6.45) is 7.35. The predicted octanol–water partition coefficient (Wildman–Crippen LogP) is 3.89. The maximum atomic E-state index is 12.6. The van der Waals surface area contributed by atoms with Crippen molar-refractivity contribution in [2.75, 3.05) is 17.7 Å². The van der Waals surface area contributed by atoms with Crippen molar-refractivity contribution in [3.05, 3.63) is 72.2 Å². The Hall–Kier alpha value is -3.61. The van der Waals surface area contributed by atoms with E-state index >= 15 is 0 Å². The molecule has 0 bridgehead atoms. The second-order valence-electron chi connectivity index (χ2n) is 6.81. The van der Waals surface area contributed by atoms with Gasteiger partial charge in [-0.15, -0.1) is 0 Å². The van der Waals surface area contributed by atoms with E-state index < -0.39 is 0 Å². The Morgan fingerprint density at radius 1 is 1.10 bits per heavy atom. The fraction of sp³-hybridized carbons (Fsp3) is 0.227. The third kappa shape index (κ3) is 5.01. The Balaban J connectivity index is 1.42. The van der Waals surface area contributed by atoms with Gasteiger partial charge in [-0.1, -0.05) is 0 Å². The number of ether oxygens (including phenoxy) is 2. The summed E-state index contributed by atoms with van der Waals surface area (Å²) in [5.74, 6) is 1.69. The van der Waals surface area contributed by atoms with Gasteiger partial charge in [0.15, 0.2) is 11.5 Å². The van der Waals surface area contributed by atoms with Gasteiger partial charge in [-0.3, -0.25) is 9.78 Å². The minimum absolute atomic E-state index is 0.235. The van der Waals surface area contributed by atoms with E-state index in [1.165, 1.54) is 12.8 Å². The average molecular weight is 390 g/mol. The topological polar surface area (TPSA) is 85.4 Å². The Bertz CT molecular complexity index is 973. The summed E-state index contributed by atoms with van der Waals surface area (Å²) >= 11 is 0. The van der Waals surface area contributed by atoms with E-state index in [1.807, 2.05) is 18.2 Å². The molecule has 0 aliphatic heterocycles. The predicted molar refractivity (Wildman–Crippen MR) is 110 cm³/mol. The summed E-state index contributed by atoms with van der Waals surface area (Å²) in [6, 6.07) is 13.1. The molecule has 2 aromatic heterocycles. The molecular formula is C22H22N4O3. The summed E-state index contributed by atoms with van der Waals surface area (Å²) in [5, 5.41) is 6.18. The number of nitrogens with one attached hydrogen (secondary N) is 2. The normalized spacial score (nSPS) is 12.9. The van der Waals surface area contributed by atoms with Crippen LogP contribution in [0, 0.1) is 0 Å². The first-order valence-corrected chi connectivity index (χ1v) is 9.45. The molecule has 1 amide bonds. The SMILES string of the molecule is COc1ccc(NC(=O)c2ccc(NC3CC3)nc2)cc1OCc1ccncc1. The fourth-order valence-electron chi connectivity index (χ4n) is 2.76. The van der Waals surface area contributed by atoms with Crippen molar-refractivity contribution >= 4 is 17.4 Å². The van der Waals surface area contributed by atoms with Crippen LogP contribution < -0.4 is 20.1 Å². The van der Waals surface area contributed by atoms with E-state index in [2.05, 4.69) is 20.6 Å². The molecule has 0 radical (unpaired) electrons. The molecule has 1 fully saturated rings. The number of carbonyl (C=O) groups excluding carboxylic acids is 1. The molecule has 148 valence electrons. The van der Waals surface area contributed by atoms with E-state index in [9.17, 15) is 4.79 Å². The number of hydrogen-bond donors (Lipinski definition) is 2. The van der Waals surface area contributed by atoms with Crippen LogP contribution in [0.1, 0.15) is 28.8 Å². The Kier molecular flexibility index (Phi) is 5.56. The number of methoxy groups -OCH3 is 1. The van der Waals surface area contributed by atoms with Crippen LogP contribution in [0.5, 0.6) is 11.5 Å². The molecule has 1 saturated carbocycles. The number of benzene rings is 1. The smallest absolute Gasteiger partial charge is 0.257 e. The minimum Gasteiger partial charge on any atom is -0.493 e. The van der Waals surface area contributed by atoms with E-state index in [0.717, 1.165) is 11.4 Å². The Morgan fingerprint density at radius 3 is 2.62 bits per heavy atom. The highest BCUT2D eigenvalue weighted by Crippen LogP contribution is 2.31. The van der Waals surface area contributed by atoms with Crippen molar-refractivity contribution in [3.63, 3.8) is 0 Å². The van der Waals surface area contributed by atoms with Crippen molar-refractivity contribution in [2.24, 2.45) is 0 Å². The number of carbonyl (C=O) groups is 1. The zero-order valence-corrected chi connectivity index (χ0v) is 16.1. The maximum Gasteiger partial charge on any atom is 0.257 e. The Labute approximate surface area is 169 Å². The lowest BCUT2D eigenvalue weighted by atomic mass is 10.2. The van der Waals surface area contributed by atoms with Gasteiger partial charge in [0.2, 0.25) is 0 Å². The van der Waals surface area contributed by atoms with Gasteiger partial charge >= 0.3 is 0 Å². The molecule has 1 aromatic carbocycles. The third-order valence-electron chi connectivity index (χ3n) is 4.52. The lowest BCUT2D eigenvalue weighted by Gasteiger charge is -2.13. The lowest BCUT2D eigenvalue weighted by Crippen LogP contribution is -2.13. The van der Waals surface area contributed by atoms with Crippen LogP contribution in [0.2, 0.25) is 0 Å². The molecule has 0 spiro atoms. The standard InChI is InChI=1S/C22H22N4O3/c1-28-19-6-5-18(12-20(19)29-14-15-8-10-23-11-9-15)26-22(27)16-2-7-21(24-13-16)25-17-3-4-17/h2,5-13,17H,3-4,14H2,1H3,(H,24,25)(H,26,27). The number of aromatic nitrogens is 2. The summed E-state index contributed by atoms with van der Waals surface area (Å²) in [4.78, 5) is 20.9. The van der Waals surface area contributed by atoms with Gasteiger partial charge in [-0.25, -0.2) is 4.98 Å². The molecule has 0 saturated heterocycles. The van der Waals surface area contributed by atoms with Crippen LogP contribution in [0.4, 0.5) is 11.5 Å². The van der Waals surface area contributed by atoms with Gasteiger partial charge in [-0.2, -0.15) is 0 Å². The van der Waals surface area contributed by atoms with Crippen molar-refractivity contribution < 1.29 is 14.3 Å². The first-order valence-electron chi connectivity index (χ1n) is 9.45. The number of amides is 1. The second-order valence-corrected chi connectivity index (χ2v) is 6.81. The van der Waals surface area contributed by atoms with Gasteiger partial charge in [0.25, 0.3) is 5.91 Å². The van der Waals surface area contributed by atoms with Gasteiger partial charge in [0.1, 0.15) is 12.4 Å². The second kappa shape index (κ2) is 8.60. The molecule has 7 nitrogen and oxygen atoms in total.